The van der Waals surface area contributed by atoms with Crippen LogP contribution >= 0.6 is 0 Å². The third-order valence-corrected chi connectivity index (χ3v) is 1.92. The topological polar surface area (TPSA) is 55.5 Å². The van der Waals surface area contributed by atoms with E-state index in [2.05, 4.69) is 5.16 Å². The molecule has 1 heterocycles. The minimum atomic E-state index is -0.165. The maximum Gasteiger partial charge on any atom is 0.254 e. The average molecular weight is 205 g/mol. The molecule has 0 fully saturated rings. The molecule has 0 spiro atoms. The van der Waals surface area contributed by atoms with Gasteiger partial charge in [0.2, 0.25) is 0 Å². The highest BCUT2D eigenvalue weighted by atomic mass is 16.5. The first kappa shape index (κ1) is 9.73. The number of ether oxygens (including phenoxy) is 1. The second-order valence-electron chi connectivity index (χ2n) is 3.06. The fourth-order valence-electron chi connectivity index (χ4n) is 1.17. The van der Waals surface area contributed by atoms with Gasteiger partial charge in [-0.1, -0.05) is 30.3 Å². The van der Waals surface area contributed by atoms with Gasteiger partial charge in [0.15, 0.2) is 5.76 Å². The van der Waals surface area contributed by atoms with Gasteiger partial charge in [0.05, 0.1) is 0 Å². The van der Waals surface area contributed by atoms with Gasteiger partial charge in [-0.3, -0.25) is 0 Å². The Labute approximate surface area is 87.1 Å². The number of nitrogens with zero attached hydrogens (tertiary/aromatic N) is 1. The SMILES string of the molecule is OCc1cc(OCc2ccccc2)no1. The zero-order valence-corrected chi connectivity index (χ0v) is 8.09. The number of aliphatic hydroxyl groups excluding tert-OH is 1. The third kappa shape index (κ3) is 2.57. The Morgan fingerprint density at radius 3 is 2.73 bits per heavy atom. The van der Waals surface area contributed by atoms with Crippen LogP contribution in [0.5, 0.6) is 5.88 Å². The molecule has 15 heavy (non-hydrogen) atoms. The summed E-state index contributed by atoms with van der Waals surface area (Å²) in [4.78, 5) is 0. The standard InChI is InChI=1S/C11H11NO3/c13-7-10-6-11(12-15-10)14-8-9-4-2-1-3-5-9/h1-6,13H,7-8H2. The number of hydrogen-bond donors (Lipinski definition) is 1. The summed E-state index contributed by atoms with van der Waals surface area (Å²) in [5, 5.41) is 12.4. The van der Waals surface area contributed by atoms with Gasteiger partial charge in [-0.05, 0) is 10.7 Å². The van der Waals surface area contributed by atoms with Crippen LogP contribution < -0.4 is 4.74 Å². The molecule has 0 unspecified atom stereocenters. The van der Waals surface area contributed by atoms with E-state index in [1.54, 1.807) is 6.07 Å². The quantitative estimate of drug-likeness (QED) is 0.826. The van der Waals surface area contributed by atoms with Crippen LogP contribution in [-0.4, -0.2) is 10.3 Å². The van der Waals surface area contributed by atoms with Crippen molar-refractivity contribution in [2.75, 3.05) is 0 Å². The second kappa shape index (κ2) is 4.61. The van der Waals surface area contributed by atoms with E-state index in [1.807, 2.05) is 30.3 Å². The molecule has 0 aliphatic heterocycles. The van der Waals surface area contributed by atoms with Gasteiger partial charge < -0.3 is 14.4 Å². The van der Waals surface area contributed by atoms with E-state index in [4.69, 9.17) is 14.4 Å². The molecular formula is C11H11NO3. The first-order chi connectivity index (χ1) is 7.38. The molecule has 1 aromatic carbocycles. The number of rotatable bonds is 4. The molecule has 2 aromatic rings. The Kier molecular flexibility index (Phi) is 2.99. The van der Waals surface area contributed by atoms with Gasteiger partial charge in [-0.2, -0.15) is 0 Å². The van der Waals surface area contributed by atoms with Crippen molar-refractivity contribution in [1.82, 2.24) is 5.16 Å². The van der Waals surface area contributed by atoms with Gasteiger partial charge >= 0.3 is 0 Å². The molecule has 4 heteroatoms. The summed E-state index contributed by atoms with van der Waals surface area (Å²) >= 11 is 0. The first-order valence-corrected chi connectivity index (χ1v) is 4.61. The lowest BCUT2D eigenvalue weighted by Gasteiger charge is -2.00. The van der Waals surface area contributed by atoms with E-state index in [1.165, 1.54) is 0 Å². The monoisotopic (exact) mass is 205 g/mol. The van der Waals surface area contributed by atoms with Crippen molar-refractivity contribution in [3.8, 4) is 5.88 Å². The minimum absolute atomic E-state index is 0.165. The van der Waals surface area contributed by atoms with E-state index in [9.17, 15) is 0 Å². The molecule has 0 aliphatic rings. The summed E-state index contributed by atoms with van der Waals surface area (Å²) in [6, 6.07) is 11.3. The fraction of sp³-hybridized carbons (Fsp3) is 0.182. The highest BCUT2D eigenvalue weighted by molar-refractivity contribution is 5.15. The molecule has 0 atom stereocenters. The van der Waals surface area contributed by atoms with Crippen molar-refractivity contribution in [3.63, 3.8) is 0 Å². The molecule has 2 rings (SSSR count). The summed E-state index contributed by atoms with van der Waals surface area (Å²) < 4.78 is 10.1. The Morgan fingerprint density at radius 2 is 2.07 bits per heavy atom. The van der Waals surface area contributed by atoms with Crippen LogP contribution in [0.2, 0.25) is 0 Å². The molecule has 0 bridgehead atoms. The molecule has 1 N–H and O–H groups in total. The molecule has 0 radical (unpaired) electrons. The predicted octanol–water partition coefficient (Wildman–Crippen LogP) is 1.75. The van der Waals surface area contributed by atoms with Gasteiger partial charge in [0.25, 0.3) is 5.88 Å². The number of aliphatic hydroxyl groups is 1. The highest BCUT2D eigenvalue weighted by Crippen LogP contribution is 2.12. The lowest BCUT2D eigenvalue weighted by atomic mass is 10.2. The normalized spacial score (nSPS) is 10.2. The van der Waals surface area contributed by atoms with Crippen LogP contribution in [0.4, 0.5) is 0 Å². The molecule has 0 saturated carbocycles. The molecule has 0 aliphatic carbocycles. The summed E-state index contributed by atoms with van der Waals surface area (Å²) in [6.07, 6.45) is 0. The molecular weight excluding hydrogens is 194 g/mol. The second-order valence-corrected chi connectivity index (χ2v) is 3.06. The molecule has 0 amide bonds. The number of hydrogen-bond acceptors (Lipinski definition) is 4. The van der Waals surface area contributed by atoms with Crippen LogP contribution in [0, 0.1) is 0 Å². The van der Waals surface area contributed by atoms with Crippen molar-refractivity contribution in [2.24, 2.45) is 0 Å². The van der Waals surface area contributed by atoms with Crippen molar-refractivity contribution >= 4 is 0 Å². The first-order valence-electron chi connectivity index (χ1n) is 4.61. The third-order valence-electron chi connectivity index (χ3n) is 1.92. The van der Waals surface area contributed by atoms with Crippen molar-refractivity contribution in [2.45, 2.75) is 13.2 Å². The van der Waals surface area contributed by atoms with Gasteiger partial charge in [-0.15, -0.1) is 0 Å². The minimum Gasteiger partial charge on any atom is -0.471 e. The molecule has 1 aromatic heterocycles. The van der Waals surface area contributed by atoms with Crippen molar-refractivity contribution in [1.29, 1.82) is 0 Å². The Hall–Kier alpha value is -1.81. The van der Waals surface area contributed by atoms with E-state index in [0.29, 0.717) is 18.2 Å². The maximum atomic E-state index is 8.75. The highest BCUT2D eigenvalue weighted by Gasteiger charge is 2.03. The van der Waals surface area contributed by atoms with E-state index >= 15 is 0 Å². The molecule has 78 valence electrons. The van der Waals surface area contributed by atoms with Crippen LogP contribution in [0.15, 0.2) is 40.9 Å². The zero-order chi connectivity index (χ0) is 10.5. The van der Waals surface area contributed by atoms with Crippen molar-refractivity contribution < 1.29 is 14.4 Å². The van der Waals surface area contributed by atoms with Crippen LogP contribution in [0.25, 0.3) is 0 Å². The summed E-state index contributed by atoms with van der Waals surface area (Å²) in [6.45, 7) is 0.278. The van der Waals surface area contributed by atoms with Crippen LogP contribution in [0.1, 0.15) is 11.3 Å². The van der Waals surface area contributed by atoms with Gasteiger partial charge in [0.1, 0.15) is 13.2 Å². The summed E-state index contributed by atoms with van der Waals surface area (Å²) in [7, 11) is 0. The smallest absolute Gasteiger partial charge is 0.254 e. The summed E-state index contributed by atoms with van der Waals surface area (Å²) in [5.74, 6) is 0.793. The molecule has 4 nitrogen and oxygen atoms in total. The Bertz CT molecular complexity index is 411. The van der Waals surface area contributed by atoms with Crippen molar-refractivity contribution in [3.05, 3.63) is 47.7 Å². The van der Waals surface area contributed by atoms with Crippen LogP contribution in [-0.2, 0) is 13.2 Å². The lowest BCUT2D eigenvalue weighted by molar-refractivity contribution is 0.221. The largest absolute Gasteiger partial charge is 0.471 e. The van der Waals surface area contributed by atoms with E-state index in [0.717, 1.165) is 5.56 Å². The van der Waals surface area contributed by atoms with E-state index < -0.39 is 0 Å². The Morgan fingerprint density at radius 1 is 1.27 bits per heavy atom. The average Bonchev–Trinajstić information content (AvgIpc) is 2.76. The lowest BCUT2D eigenvalue weighted by Crippen LogP contribution is -1.94. The van der Waals surface area contributed by atoms with Crippen LogP contribution in [0.3, 0.4) is 0 Å². The summed E-state index contributed by atoms with van der Waals surface area (Å²) in [5.41, 5.74) is 1.06. The number of aromatic nitrogens is 1. The number of benzene rings is 1. The predicted molar refractivity (Wildman–Crippen MR) is 53.2 cm³/mol. The molecule has 0 saturated heterocycles. The van der Waals surface area contributed by atoms with Gasteiger partial charge in [0, 0.05) is 6.07 Å². The Balaban J connectivity index is 1.93. The van der Waals surface area contributed by atoms with Gasteiger partial charge in [-0.25, -0.2) is 0 Å². The maximum absolute atomic E-state index is 8.75. The van der Waals surface area contributed by atoms with E-state index in [-0.39, 0.29) is 6.61 Å². The fourth-order valence-corrected chi connectivity index (χ4v) is 1.17. The zero-order valence-electron chi connectivity index (χ0n) is 8.09.